The molecule has 0 amide bonds. The minimum atomic E-state index is -0.470. The van der Waals surface area contributed by atoms with Crippen molar-refractivity contribution in [2.75, 3.05) is 0 Å². The van der Waals surface area contributed by atoms with E-state index in [-0.39, 0.29) is 5.92 Å². The van der Waals surface area contributed by atoms with Crippen molar-refractivity contribution in [1.29, 1.82) is 0 Å². The fourth-order valence-corrected chi connectivity index (χ4v) is 1.98. The third kappa shape index (κ3) is 3.57. The Morgan fingerprint density at radius 1 is 1.42 bits per heavy atom. The molecule has 0 bridgehead atoms. The molecule has 102 valence electrons. The van der Waals surface area contributed by atoms with Crippen LogP contribution in [0.25, 0.3) is 0 Å². The number of halogens is 2. The van der Waals surface area contributed by atoms with Gasteiger partial charge in [0.05, 0.1) is 6.54 Å². The van der Waals surface area contributed by atoms with Gasteiger partial charge in [0.15, 0.2) is 5.82 Å². The molecule has 0 fully saturated rings. The van der Waals surface area contributed by atoms with Crippen LogP contribution in [0, 0.1) is 5.95 Å². The van der Waals surface area contributed by atoms with Gasteiger partial charge in [0.25, 0.3) is 0 Å². The summed E-state index contributed by atoms with van der Waals surface area (Å²) in [5.41, 5.74) is 0.506. The number of aromatic nitrogens is 4. The largest absolute Gasteiger partial charge is 0.306 e. The van der Waals surface area contributed by atoms with Crippen molar-refractivity contribution in [3.05, 3.63) is 39.9 Å². The Morgan fingerprint density at radius 2 is 2.21 bits per heavy atom. The lowest BCUT2D eigenvalue weighted by atomic mass is 10.2. The molecule has 0 aliphatic heterocycles. The van der Waals surface area contributed by atoms with Gasteiger partial charge in [-0.1, -0.05) is 29.8 Å². The maximum absolute atomic E-state index is 13.5. The van der Waals surface area contributed by atoms with E-state index in [1.807, 2.05) is 13.8 Å². The number of hydrogen-bond donors (Lipinski definition) is 2. The molecule has 2 aromatic rings. The van der Waals surface area contributed by atoms with Gasteiger partial charge in [-0.15, -0.1) is 0 Å². The highest BCUT2D eigenvalue weighted by atomic mass is 79.9. The summed E-state index contributed by atoms with van der Waals surface area (Å²) in [5.74, 6) is 1.34. The molecule has 2 N–H and O–H groups in total. The summed E-state index contributed by atoms with van der Waals surface area (Å²) in [4.78, 5) is 7.96. The zero-order valence-corrected chi connectivity index (χ0v) is 12.3. The summed E-state index contributed by atoms with van der Waals surface area (Å²) in [7, 11) is 0. The monoisotopic (exact) mass is 327 g/mol. The minimum Gasteiger partial charge on any atom is -0.306 e. The van der Waals surface area contributed by atoms with E-state index in [0.29, 0.717) is 23.1 Å². The molecule has 0 atom stereocenters. The zero-order valence-electron chi connectivity index (χ0n) is 10.7. The SMILES string of the molecule is CC(C)c1n[nH]c(CNCc2c(Br)ccnc2F)n1. The summed E-state index contributed by atoms with van der Waals surface area (Å²) in [5, 5.41) is 10.1. The van der Waals surface area contributed by atoms with Gasteiger partial charge in [-0.3, -0.25) is 5.10 Å². The second kappa shape index (κ2) is 6.21. The van der Waals surface area contributed by atoms with E-state index in [2.05, 4.69) is 41.4 Å². The minimum absolute atomic E-state index is 0.287. The van der Waals surface area contributed by atoms with Gasteiger partial charge < -0.3 is 5.32 Å². The molecule has 7 heteroatoms. The highest BCUT2D eigenvalue weighted by Gasteiger charge is 2.09. The summed E-state index contributed by atoms with van der Waals surface area (Å²) in [6.45, 7) is 4.93. The van der Waals surface area contributed by atoms with E-state index >= 15 is 0 Å². The van der Waals surface area contributed by atoms with E-state index in [0.717, 1.165) is 11.6 Å². The molecular formula is C12H15BrFN5. The fourth-order valence-electron chi connectivity index (χ4n) is 1.56. The maximum Gasteiger partial charge on any atom is 0.218 e. The number of nitrogens with one attached hydrogen (secondary N) is 2. The van der Waals surface area contributed by atoms with Gasteiger partial charge >= 0.3 is 0 Å². The number of aromatic amines is 1. The molecule has 0 saturated heterocycles. The van der Waals surface area contributed by atoms with Gasteiger partial charge in [0.1, 0.15) is 5.82 Å². The number of nitrogens with zero attached hydrogens (tertiary/aromatic N) is 3. The Labute approximate surface area is 119 Å². The third-order valence-electron chi connectivity index (χ3n) is 2.61. The van der Waals surface area contributed by atoms with Crippen LogP contribution in [0.1, 0.15) is 37.0 Å². The molecule has 0 aliphatic carbocycles. The van der Waals surface area contributed by atoms with Crippen molar-refractivity contribution in [3.63, 3.8) is 0 Å². The molecule has 0 aliphatic rings. The van der Waals surface area contributed by atoms with Crippen LogP contribution in [-0.4, -0.2) is 20.2 Å². The van der Waals surface area contributed by atoms with E-state index in [9.17, 15) is 4.39 Å². The van der Waals surface area contributed by atoms with Gasteiger partial charge in [-0.05, 0) is 6.07 Å². The molecule has 0 saturated carbocycles. The van der Waals surface area contributed by atoms with Crippen molar-refractivity contribution in [3.8, 4) is 0 Å². The summed E-state index contributed by atoms with van der Waals surface area (Å²) >= 11 is 3.30. The van der Waals surface area contributed by atoms with Crippen molar-refractivity contribution in [2.24, 2.45) is 0 Å². The number of pyridine rings is 1. The van der Waals surface area contributed by atoms with E-state index < -0.39 is 5.95 Å². The first-order valence-electron chi connectivity index (χ1n) is 5.98. The first kappa shape index (κ1) is 14.1. The first-order valence-corrected chi connectivity index (χ1v) is 6.78. The van der Waals surface area contributed by atoms with Crippen molar-refractivity contribution >= 4 is 15.9 Å². The maximum atomic E-state index is 13.5. The highest BCUT2D eigenvalue weighted by Crippen LogP contribution is 2.17. The fraction of sp³-hybridized carbons (Fsp3) is 0.417. The molecule has 19 heavy (non-hydrogen) atoms. The second-order valence-corrected chi connectivity index (χ2v) is 5.32. The predicted molar refractivity (Wildman–Crippen MR) is 72.9 cm³/mol. The Kier molecular flexibility index (Phi) is 4.60. The molecule has 0 aromatic carbocycles. The third-order valence-corrected chi connectivity index (χ3v) is 3.35. The quantitative estimate of drug-likeness (QED) is 0.828. The first-order chi connectivity index (χ1) is 9.08. The molecule has 0 unspecified atom stereocenters. The van der Waals surface area contributed by atoms with Crippen LogP contribution in [0.3, 0.4) is 0 Å². The summed E-state index contributed by atoms with van der Waals surface area (Å²) in [6.07, 6.45) is 1.42. The average molecular weight is 328 g/mol. The number of H-pyrrole nitrogens is 1. The Morgan fingerprint density at radius 3 is 2.84 bits per heavy atom. The predicted octanol–water partition coefficient (Wildman–Crippen LogP) is 2.51. The topological polar surface area (TPSA) is 66.5 Å². The average Bonchev–Trinajstić information content (AvgIpc) is 2.82. The Hall–Kier alpha value is -1.34. The molecule has 0 spiro atoms. The van der Waals surface area contributed by atoms with Crippen LogP contribution < -0.4 is 5.32 Å². The van der Waals surface area contributed by atoms with E-state index in [4.69, 9.17) is 0 Å². The van der Waals surface area contributed by atoms with Crippen LogP contribution in [0.5, 0.6) is 0 Å². The lowest BCUT2D eigenvalue weighted by molar-refractivity contribution is 0.546. The second-order valence-electron chi connectivity index (χ2n) is 4.46. The van der Waals surface area contributed by atoms with E-state index in [1.54, 1.807) is 6.07 Å². The van der Waals surface area contributed by atoms with Crippen molar-refractivity contribution in [1.82, 2.24) is 25.5 Å². The van der Waals surface area contributed by atoms with Crippen LogP contribution >= 0.6 is 15.9 Å². The lowest BCUT2D eigenvalue weighted by Gasteiger charge is -2.05. The Balaban J connectivity index is 1.92. The van der Waals surface area contributed by atoms with Crippen molar-refractivity contribution in [2.45, 2.75) is 32.9 Å². The highest BCUT2D eigenvalue weighted by molar-refractivity contribution is 9.10. The van der Waals surface area contributed by atoms with Gasteiger partial charge in [0.2, 0.25) is 5.95 Å². The standard InChI is InChI=1S/C12H15BrFN5/c1-7(2)12-17-10(18-19-12)6-15-5-8-9(13)3-4-16-11(8)14/h3-4,7,15H,5-6H2,1-2H3,(H,17,18,19). The lowest BCUT2D eigenvalue weighted by Crippen LogP contribution is -2.15. The van der Waals surface area contributed by atoms with E-state index in [1.165, 1.54) is 6.20 Å². The summed E-state index contributed by atoms with van der Waals surface area (Å²) < 4.78 is 14.2. The number of rotatable bonds is 5. The Bertz CT molecular complexity index is 535. The molecular weight excluding hydrogens is 313 g/mol. The van der Waals surface area contributed by atoms with Crippen LogP contribution in [0.4, 0.5) is 4.39 Å². The van der Waals surface area contributed by atoms with Crippen molar-refractivity contribution < 1.29 is 4.39 Å². The van der Waals surface area contributed by atoms with Crippen LogP contribution in [0.15, 0.2) is 16.7 Å². The number of hydrogen-bond acceptors (Lipinski definition) is 4. The van der Waals surface area contributed by atoms with Gasteiger partial charge in [0, 0.05) is 28.7 Å². The molecule has 2 heterocycles. The van der Waals surface area contributed by atoms with Gasteiger partial charge in [-0.2, -0.15) is 9.49 Å². The molecule has 2 aromatic heterocycles. The zero-order chi connectivity index (χ0) is 13.8. The van der Waals surface area contributed by atoms with Crippen LogP contribution in [0.2, 0.25) is 0 Å². The molecule has 0 radical (unpaired) electrons. The van der Waals surface area contributed by atoms with Crippen LogP contribution in [-0.2, 0) is 13.1 Å². The summed E-state index contributed by atoms with van der Waals surface area (Å²) in [6, 6.07) is 1.71. The molecule has 2 rings (SSSR count). The smallest absolute Gasteiger partial charge is 0.218 e. The normalized spacial score (nSPS) is 11.2. The molecule has 5 nitrogen and oxygen atoms in total. The van der Waals surface area contributed by atoms with Gasteiger partial charge in [-0.25, -0.2) is 9.97 Å².